The second-order valence-electron chi connectivity index (χ2n) is 4.60. The summed E-state index contributed by atoms with van der Waals surface area (Å²) in [5, 5.41) is 3.14. The smallest absolute Gasteiger partial charge is 0.282 e. The number of nitrogens with zero attached hydrogens (tertiary/aromatic N) is 2. The van der Waals surface area contributed by atoms with E-state index in [-0.39, 0.29) is 12.4 Å². The molecule has 5 nitrogen and oxygen atoms in total. The van der Waals surface area contributed by atoms with Crippen molar-refractivity contribution >= 4 is 22.6 Å². The largest absolute Gasteiger partial charge is 0.316 e. The molecule has 0 aromatic rings. The highest BCUT2D eigenvalue weighted by molar-refractivity contribution is 7.86. The Bertz CT molecular complexity index is 330. The topological polar surface area (TPSA) is 52.7 Å². The van der Waals surface area contributed by atoms with Crippen LogP contribution < -0.4 is 5.32 Å². The second kappa shape index (κ2) is 6.33. The summed E-state index contributed by atoms with van der Waals surface area (Å²) < 4.78 is 27.8. The van der Waals surface area contributed by atoms with E-state index < -0.39 is 10.2 Å². The number of rotatable bonds is 3. The molecule has 2 fully saturated rings. The van der Waals surface area contributed by atoms with E-state index >= 15 is 0 Å². The molecule has 0 aliphatic carbocycles. The van der Waals surface area contributed by atoms with Crippen LogP contribution in [0.2, 0.25) is 0 Å². The molecule has 2 saturated heterocycles. The first-order valence-corrected chi connectivity index (χ1v) is 7.47. The SMILES string of the molecule is CNC1CCN(S(=O)(=O)N2CCCCC2)C1.Cl. The third-order valence-electron chi connectivity index (χ3n) is 3.53. The predicted molar refractivity (Wildman–Crippen MR) is 70.6 cm³/mol. The molecule has 2 rings (SSSR count). The maximum absolute atomic E-state index is 12.3. The van der Waals surface area contributed by atoms with Crippen molar-refractivity contribution in [1.29, 1.82) is 0 Å². The molecule has 0 amide bonds. The molecule has 17 heavy (non-hydrogen) atoms. The first-order chi connectivity index (χ1) is 7.64. The monoisotopic (exact) mass is 283 g/mol. The zero-order valence-corrected chi connectivity index (χ0v) is 11.9. The van der Waals surface area contributed by atoms with Crippen LogP contribution in [0.4, 0.5) is 0 Å². The van der Waals surface area contributed by atoms with Gasteiger partial charge in [0.15, 0.2) is 0 Å². The lowest BCUT2D eigenvalue weighted by atomic mass is 10.2. The lowest BCUT2D eigenvalue weighted by molar-refractivity contribution is 0.314. The maximum Gasteiger partial charge on any atom is 0.282 e. The molecule has 1 atom stereocenters. The van der Waals surface area contributed by atoms with E-state index in [1.807, 2.05) is 7.05 Å². The molecule has 0 aromatic heterocycles. The van der Waals surface area contributed by atoms with E-state index in [1.54, 1.807) is 8.61 Å². The molecule has 0 bridgehead atoms. The summed E-state index contributed by atoms with van der Waals surface area (Å²) in [6, 6.07) is 0.319. The van der Waals surface area contributed by atoms with Crippen molar-refractivity contribution in [2.45, 2.75) is 31.7 Å². The van der Waals surface area contributed by atoms with Gasteiger partial charge in [0.05, 0.1) is 0 Å². The molecule has 102 valence electrons. The van der Waals surface area contributed by atoms with Crippen LogP contribution in [-0.4, -0.2) is 56.3 Å². The van der Waals surface area contributed by atoms with Crippen LogP contribution >= 0.6 is 12.4 Å². The molecule has 2 aliphatic rings. The van der Waals surface area contributed by atoms with Crippen LogP contribution in [0.25, 0.3) is 0 Å². The molecule has 0 spiro atoms. The summed E-state index contributed by atoms with van der Waals surface area (Å²) in [4.78, 5) is 0. The van der Waals surface area contributed by atoms with Crippen LogP contribution in [0.15, 0.2) is 0 Å². The van der Waals surface area contributed by atoms with E-state index in [1.165, 1.54) is 0 Å². The molecule has 0 saturated carbocycles. The van der Waals surface area contributed by atoms with Gasteiger partial charge in [0.2, 0.25) is 0 Å². The summed E-state index contributed by atoms with van der Waals surface area (Å²) in [6.45, 7) is 2.67. The molecule has 1 unspecified atom stereocenters. The summed E-state index contributed by atoms with van der Waals surface area (Å²) in [7, 11) is -1.29. The van der Waals surface area contributed by atoms with Gasteiger partial charge in [-0.1, -0.05) is 6.42 Å². The van der Waals surface area contributed by atoms with Gasteiger partial charge in [-0.25, -0.2) is 0 Å². The summed E-state index contributed by atoms with van der Waals surface area (Å²) in [5.41, 5.74) is 0. The fourth-order valence-electron chi connectivity index (χ4n) is 2.43. The Balaban J connectivity index is 0.00000144. The Hall–Kier alpha value is 0.120. The number of hydrogen-bond acceptors (Lipinski definition) is 3. The summed E-state index contributed by atoms with van der Waals surface area (Å²) >= 11 is 0. The fraction of sp³-hybridized carbons (Fsp3) is 1.00. The van der Waals surface area contributed by atoms with E-state index in [2.05, 4.69) is 5.32 Å². The van der Waals surface area contributed by atoms with Crippen LogP contribution in [0, 0.1) is 0 Å². The quantitative estimate of drug-likeness (QED) is 0.817. The molecule has 0 aromatic carbocycles. The van der Waals surface area contributed by atoms with Gasteiger partial charge >= 0.3 is 0 Å². The molecule has 2 heterocycles. The van der Waals surface area contributed by atoms with E-state index in [4.69, 9.17) is 0 Å². The number of likely N-dealkylation sites (N-methyl/N-ethyl adjacent to an activating group) is 1. The van der Waals surface area contributed by atoms with Crippen molar-refractivity contribution in [3.63, 3.8) is 0 Å². The Morgan fingerprint density at radius 3 is 2.24 bits per heavy atom. The van der Waals surface area contributed by atoms with Crippen LogP contribution in [0.5, 0.6) is 0 Å². The average Bonchev–Trinajstić information content (AvgIpc) is 2.79. The highest BCUT2D eigenvalue weighted by Crippen LogP contribution is 2.20. The molecule has 7 heteroatoms. The number of piperidine rings is 1. The van der Waals surface area contributed by atoms with Gasteiger partial charge in [-0.05, 0) is 26.3 Å². The van der Waals surface area contributed by atoms with E-state index in [0.717, 1.165) is 25.7 Å². The molecular weight excluding hydrogens is 262 g/mol. The van der Waals surface area contributed by atoms with Crippen molar-refractivity contribution in [2.75, 3.05) is 33.2 Å². The second-order valence-corrected chi connectivity index (χ2v) is 6.53. The highest BCUT2D eigenvalue weighted by Gasteiger charge is 2.35. The zero-order valence-electron chi connectivity index (χ0n) is 10.3. The van der Waals surface area contributed by atoms with E-state index in [9.17, 15) is 8.42 Å². The highest BCUT2D eigenvalue weighted by atomic mass is 35.5. The maximum atomic E-state index is 12.3. The van der Waals surface area contributed by atoms with Crippen molar-refractivity contribution in [1.82, 2.24) is 13.9 Å². The number of halogens is 1. The predicted octanol–water partition coefficient (Wildman–Crippen LogP) is 0.433. The normalized spacial score (nSPS) is 27.9. The van der Waals surface area contributed by atoms with Crippen molar-refractivity contribution in [3.05, 3.63) is 0 Å². The van der Waals surface area contributed by atoms with Gasteiger partial charge in [0.1, 0.15) is 0 Å². The Labute approximate surface area is 110 Å². The molecule has 2 aliphatic heterocycles. The Kier molecular flexibility index (Phi) is 5.66. The van der Waals surface area contributed by atoms with Crippen molar-refractivity contribution in [3.8, 4) is 0 Å². The lowest BCUT2D eigenvalue weighted by Crippen LogP contribution is -2.45. The minimum absolute atomic E-state index is 0. The standard InChI is InChI=1S/C10H21N3O2S.ClH/c1-11-10-5-8-13(9-10)16(14,15)12-6-3-2-4-7-12;/h10-11H,2-9H2,1H3;1H. The number of hydrogen-bond donors (Lipinski definition) is 1. The van der Waals surface area contributed by atoms with Crippen LogP contribution in [0.1, 0.15) is 25.7 Å². The van der Waals surface area contributed by atoms with Crippen molar-refractivity contribution < 1.29 is 8.42 Å². The minimum atomic E-state index is -3.18. The van der Waals surface area contributed by atoms with Crippen molar-refractivity contribution in [2.24, 2.45) is 0 Å². The van der Waals surface area contributed by atoms with Gasteiger partial charge in [-0.3, -0.25) is 0 Å². The molecule has 1 N–H and O–H groups in total. The molecule has 0 radical (unpaired) electrons. The number of nitrogens with one attached hydrogen (secondary N) is 1. The first-order valence-electron chi connectivity index (χ1n) is 6.07. The summed E-state index contributed by atoms with van der Waals surface area (Å²) in [6.07, 6.45) is 4.08. The molecular formula is C10H22ClN3O2S. The average molecular weight is 284 g/mol. The van der Waals surface area contributed by atoms with Crippen LogP contribution in [-0.2, 0) is 10.2 Å². The van der Waals surface area contributed by atoms with E-state index in [0.29, 0.717) is 32.2 Å². The Morgan fingerprint density at radius 1 is 1.06 bits per heavy atom. The summed E-state index contributed by atoms with van der Waals surface area (Å²) in [5.74, 6) is 0. The van der Waals surface area contributed by atoms with Gasteiger partial charge in [0, 0.05) is 32.2 Å². The van der Waals surface area contributed by atoms with Gasteiger partial charge in [-0.2, -0.15) is 17.0 Å². The minimum Gasteiger partial charge on any atom is -0.316 e. The fourth-order valence-corrected chi connectivity index (χ4v) is 4.18. The Morgan fingerprint density at radius 2 is 1.71 bits per heavy atom. The third-order valence-corrected chi connectivity index (χ3v) is 5.53. The van der Waals surface area contributed by atoms with Gasteiger partial charge < -0.3 is 5.32 Å². The van der Waals surface area contributed by atoms with Gasteiger partial charge in [-0.15, -0.1) is 12.4 Å². The third kappa shape index (κ3) is 3.32. The van der Waals surface area contributed by atoms with Gasteiger partial charge in [0.25, 0.3) is 10.2 Å². The first kappa shape index (κ1) is 15.2. The van der Waals surface area contributed by atoms with Crippen LogP contribution in [0.3, 0.4) is 0 Å². The lowest BCUT2D eigenvalue weighted by Gasteiger charge is -2.30. The zero-order chi connectivity index (χ0) is 11.6.